The molecule has 0 saturated heterocycles. The Labute approximate surface area is 94.8 Å². The summed E-state index contributed by atoms with van der Waals surface area (Å²) in [6.45, 7) is 0.721. The van der Waals surface area contributed by atoms with E-state index >= 15 is 0 Å². The lowest BCUT2D eigenvalue weighted by atomic mass is 10.2. The third-order valence-electron chi connectivity index (χ3n) is 1.89. The van der Waals surface area contributed by atoms with E-state index < -0.39 is 5.97 Å². The van der Waals surface area contributed by atoms with E-state index in [1.165, 1.54) is 0 Å². The van der Waals surface area contributed by atoms with Crippen molar-refractivity contribution in [2.24, 2.45) is 0 Å². The second-order valence-electron chi connectivity index (χ2n) is 3.30. The topological polar surface area (TPSA) is 66.4 Å². The van der Waals surface area contributed by atoms with E-state index in [0.29, 0.717) is 19.3 Å². The highest BCUT2D eigenvalue weighted by Crippen LogP contribution is 2.00. The first-order chi connectivity index (χ1) is 7.16. The smallest absolute Gasteiger partial charge is 0.303 e. The van der Waals surface area contributed by atoms with Crippen LogP contribution < -0.4 is 5.32 Å². The number of rotatable bonds is 9. The van der Waals surface area contributed by atoms with Gasteiger partial charge in [0.15, 0.2) is 0 Å². The minimum atomic E-state index is -0.796. The number of thioether (sulfide) groups is 1. The highest BCUT2D eigenvalue weighted by molar-refractivity contribution is 7.98. The number of carbonyl (C=O) groups is 2. The Bertz CT molecular complexity index is 197. The third-order valence-corrected chi connectivity index (χ3v) is 2.59. The Kier molecular flexibility index (Phi) is 9.36. The maximum atomic E-state index is 11.2. The van der Waals surface area contributed by atoms with Gasteiger partial charge in [0.2, 0.25) is 5.91 Å². The largest absolute Gasteiger partial charge is 0.481 e. The fourth-order valence-corrected chi connectivity index (χ4v) is 1.53. The van der Waals surface area contributed by atoms with Crippen molar-refractivity contribution in [3.05, 3.63) is 0 Å². The number of carbonyl (C=O) groups excluding carboxylic acids is 1. The van der Waals surface area contributed by atoms with Gasteiger partial charge in [0, 0.05) is 19.4 Å². The van der Waals surface area contributed by atoms with Crippen LogP contribution in [0.5, 0.6) is 0 Å². The number of nitrogens with one attached hydrogen (secondary N) is 1. The van der Waals surface area contributed by atoms with Crippen molar-refractivity contribution < 1.29 is 14.7 Å². The molecule has 15 heavy (non-hydrogen) atoms. The van der Waals surface area contributed by atoms with Gasteiger partial charge in [0.05, 0.1) is 0 Å². The average Bonchev–Trinajstić information content (AvgIpc) is 2.19. The molecule has 0 rings (SSSR count). The molecule has 0 fully saturated rings. The molecule has 0 aromatic carbocycles. The standard InChI is InChI=1S/C10H19NO3S/c1-15-8-4-7-11-9(12)5-2-3-6-10(13)14/h2-8H2,1H3,(H,11,12)(H,13,14). The minimum Gasteiger partial charge on any atom is -0.481 e. The quantitative estimate of drug-likeness (QED) is 0.592. The lowest BCUT2D eigenvalue weighted by molar-refractivity contribution is -0.137. The molecule has 0 unspecified atom stereocenters. The van der Waals surface area contributed by atoms with Crippen LogP contribution >= 0.6 is 11.8 Å². The molecule has 0 heterocycles. The summed E-state index contributed by atoms with van der Waals surface area (Å²) in [7, 11) is 0. The first-order valence-corrected chi connectivity index (χ1v) is 6.53. The van der Waals surface area contributed by atoms with Gasteiger partial charge in [-0.3, -0.25) is 9.59 Å². The van der Waals surface area contributed by atoms with Crippen LogP contribution in [-0.2, 0) is 9.59 Å². The fourth-order valence-electron chi connectivity index (χ4n) is 1.09. The molecule has 1 amide bonds. The van der Waals surface area contributed by atoms with Gasteiger partial charge in [0.1, 0.15) is 0 Å². The highest BCUT2D eigenvalue weighted by Gasteiger charge is 2.01. The number of carboxylic acids is 1. The molecule has 0 radical (unpaired) electrons. The Morgan fingerprint density at radius 3 is 2.47 bits per heavy atom. The summed E-state index contributed by atoms with van der Waals surface area (Å²) in [5.41, 5.74) is 0. The molecule has 0 aliphatic heterocycles. The van der Waals surface area contributed by atoms with Crippen molar-refractivity contribution in [2.75, 3.05) is 18.6 Å². The third kappa shape index (κ3) is 11.2. The Morgan fingerprint density at radius 1 is 1.20 bits per heavy atom. The van der Waals surface area contributed by atoms with Crippen molar-refractivity contribution in [3.63, 3.8) is 0 Å². The molecular weight excluding hydrogens is 214 g/mol. The number of carboxylic acid groups (broad SMARTS) is 1. The molecule has 0 aromatic rings. The average molecular weight is 233 g/mol. The van der Waals surface area contributed by atoms with Crippen molar-refractivity contribution >= 4 is 23.6 Å². The van der Waals surface area contributed by atoms with Crippen LogP contribution in [0.1, 0.15) is 32.1 Å². The Morgan fingerprint density at radius 2 is 1.87 bits per heavy atom. The highest BCUT2D eigenvalue weighted by atomic mass is 32.2. The molecule has 0 aromatic heterocycles. The maximum Gasteiger partial charge on any atom is 0.303 e. The molecule has 0 aliphatic rings. The fraction of sp³-hybridized carbons (Fsp3) is 0.800. The van der Waals surface area contributed by atoms with Crippen LogP contribution in [0, 0.1) is 0 Å². The number of unbranched alkanes of at least 4 members (excludes halogenated alkanes) is 1. The number of aliphatic carboxylic acids is 1. The molecule has 5 heteroatoms. The number of hydrogen-bond donors (Lipinski definition) is 2. The van der Waals surface area contributed by atoms with Crippen molar-refractivity contribution in [2.45, 2.75) is 32.1 Å². The van der Waals surface area contributed by atoms with Crippen LogP contribution in [0.15, 0.2) is 0 Å². The van der Waals surface area contributed by atoms with Gasteiger partial charge in [-0.25, -0.2) is 0 Å². The first kappa shape index (κ1) is 14.3. The molecule has 2 N–H and O–H groups in total. The molecule has 4 nitrogen and oxygen atoms in total. The van der Waals surface area contributed by atoms with E-state index in [2.05, 4.69) is 5.32 Å². The van der Waals surface area contributed by atoms with E-state index in [0.717, 1.165) is 18.7 Å². The maximum absolute atomic E-state index is 11.2. The summed E-state index contributed by atoms with van der Waals surface area (Å²) >= 11 is 1.76. The predicted octanol–water partition coefficient (Wildman–Crippen LogP) is 1.50. The molecular formula is C10H19NO3S. The molecule has 0 aliphatic carbocycles. The predicted molar refractivity (Wildman–Crippen MR) is 62.1 cm³/mol. The van der Waals surface area contributed by atoms with Crippen LogP contribution in [0.3, 0.4) is 0 Å². The molecule has 0 spiro atoms. The Balaban J connectivity index is 3.22. The number of amides is 1. The van der Waals surface area contributed by atoms with Crippen molar-refractivity contribution in [3.8, 4) is 0 Å². The molecule has 0 atom stereocenters. The zero-order valence-corrected chi connectivity index (χ0v) is 9.94. The monoisotopic (exact) mass is 233 g/mol. The van der Waals surface area contributed by atoms with E-state index in [-0.39, 0.29) is 12.3 Å². The lowest BCUT2D eigenvalue weighted by Crippen LogP contribution is -2.24. The van der Waals surface area contributed by atoms with Gasteiger partial charge in [-0.05, 0) is 31.3 Å². The second-order valence-corrected chi connectivity index (χ2v) is 4.28. The van der Waals surface area contributed by atoms with Gasteiger partial charge in [-0.1, -0.05) is 0 Å². The van der Waals surface area contributed by atoms with Gasteiger partial charge >= 0.3 is 5.97 Å². The van der Waals surface area contributed by atoms with E-state index in [4.69, 9.17) is 5.11 Å². The first-order valence-electron chi connectivity index (χ1n) is 5.14. The summed E-state index contributed by atoms with van der Waals surface area (Å²) < 4.78 is 0. The summed E-state index contributed by atoms with van der Waals surface area (Å²) in [4.78, 5) is 21.4. The summed E-state index contributed by atoms with van der Waals surface area (Å²) in [5.74, 6) is 0.288. The summed E-state index contributed by atoms with van der Waals surface area (Å²) in [6.07, 6.45) is 4.84. The van der Waals surface area contributed by atoms with E-state index in [1.54, 1.807) is 11.8 Å². The number of hydrogen-bond acceptors (Lipinski definition) is 3. The van der Waals surface area contributed by atoms with Crippen LogP contribution in [-0.4, -0.2) is 35.5 Å². The van der Waals surface area contributed by atoms with Crippen LogP contribution in [0.4, 0.5) is 0 Å². The minimum absolute atomic E-state index is 0.0292. The van der Waals surface area contributed by atoms with Crippen molar-refractivity contribution in [1.82, 2.24) is 5.32 Å². The van der Waals surface area contributed by atoms with Crippen LogP contribution in [0.25, 0.3) is 0 Å². The SMILES string of the molecule is CSCCCNC(=O)CCCCC(=O)O. The molecule has 0 bridgehead atoms. The van der Waals surface area contributed by atoms with Gasteiger partial charge < -0.3 is 10.4 Å². The van der Waals surface area contributed by atoms with Gasteiger partial charge in [-0.2, -0.15) is 11.8 Å². The van der Waals surface area contributed by atoms with E-state index in [1.807, 2.05) is 6.26 Å². The van der Waals surface area contributed by atoms with Gasteiger partial charge in [-0.15, -0.1) is 0 Å². The molecule has 0 saturated carbocycles. The zero-order chi connectivity index (χ0) is 11.5. The normalized spacial score (nSPS) is 9.93. The Hall–Kier alpha value is -0.710. The van der Waals surface area contributed by atoms with E-state index in [9.17, 15) is 9.59 Å². The van der Waals surface area contributed by atoms with Gasteiger partial charge in [0.25, 0.3) is 0 Å². The molecule has 88 valence electrons. The summed E-state index contributed by atoms with van der Waals surface area (Å²) in [5, 5.41) is 11.2. The van der Waals surface area contributed by atoms with Crippen molar-refractivity contribution in [1.29, 1.82) is 0 Å². The second kappa shape index (κ2) is 9.83. The lowest BCUT2D eigenvalue weighted by Gasteiger charge is -2.03. The summed E-state index contributed by atoms with van der Waals surface area (Å²) in [6, 6.07) is 0. The zero-order valence-electron chi connectivity index (χ0n) is 9.12. The van der Waals surface area contributed by atoms with Crippen LogP contribution in [0.2, 0.25) is 0 Å².